The van der Waals surface area contributed by atoms with Crippen LogP contribution in [0.4, 0.5) is 0 Å². The van der Waals surface area contributed by atoms with Crippen molar-refractivity contribution < 1.29 is 15.0 Å². The molecule has 2 atom stereocenters. The van der Waals surface area contributed by atoms with Crippen LogP contribution >= 0.6 is 0 Å². The van der Waals surface area contributed by atoms with Gasteiger partial charge in [0.2, 0.25) is 0 Å². The summed E-state index contributed by atoms with van der Waals surface area (Å²) in [6, 6.07) is 5.07. The molecule has 2 fully saturated rings. The molecule has 2 N–H and O–H groups in total. The number of amides is 1. The number of piperidine rings is 1. The quantitative estimate of drug-likeness (QED) is 0.835. The molecular formula is C17H23NO3. The maximum absolute atomic E-state index is 12.7. The minimum Gasteiger partial charge on any atom is -0.508 e. The number of carbonyl (C=O) groups excluding carboxylic acids is 1. The molecule has 1 saturated carbocycles. The van der Waals surface area contributed by atoms with Gasteiger partial charge < -0.3 is 15.1 Å². The van der Waals surface area contributed by atoms with Gasteiger partial charge in [-0.05, 0) is 38.3 Å². The molecule has 21 heavy (non-hydrogen) atoms. The molecule has 1 aliphatic heterocycles. The standard InChI is InChI=1S/C17H23NO3/c1-12-14(6-4-7-15(12)19)16(20)18-10-9-17(21)8-3-2-5-13(17)11-18/h4,6-7,13,19,21H,2-3,5,8-11H2,1H3. The van der Waals surface area contributed by atoms with Gasteiger partial charge in [-0.15, -0.1) is 0 Å². The molecule has 2 unspecified atom stereocenters. The number of phenols is 1. The highest BCUT2D eigenvalue weighted by Crippen LogP contribution is 2.40. The van der Waals surface area contributed by atoms with Crippen molar-refractivity contribution in [2.45, 2.75) is 44.6 Å². The third-order valence-corrected chi connectivity index (χ3v) is 5.25. The van der Waals surface area contributed by atoms with Gasteiger partial charge in [-0.25, -0.2) is 0 Å². The number of benzene rings is 1. The lowest BCUT2D eigenvalue weighted by Crippen LogP contribution is -2.54. The summed E-state index contributed by atoms with van der Waals surface area (Å²) < 4.78 is 0. The summed E-state index contributed by atoms with van der Waals surface area (Å²) in [6.45, 7) is 2.99. The van der Waals surface area contributed by atoms with Crippen LogP contribution in [0.1, 0.15) is 48.0 Å². The molecule has 1 aromatic rings. The van der Waals surface area contributed by atoms with Crippen LogP contribution in [0.5, 0.6) is 5.75 Å². The van der Waals surface area contributed by atoms with Crippen molar-refractivity contribution in [2.24, 2.45) is 5.92 Å². The minimum absolute atomic E-state index is 0.0315. The number of phenolic OH excluding ortho intramolecular Hbond substituents is 1. The maximum atomic E-state index is 12.7. The van der Waals surface area contributed by atoms with Crippen molar-refractivity contribution in [3.8, 4) is 5.75 Å². The van der Waals surface area contributed by atoms with E-state index in [1.54, 1.807) is 25.1 Å². The molecule has 0 aromatic heterocycles. The third kappa shape index (κ3) is 2.53. The fraction of sp³-hybridized carbons (Fsp3) is 0.588. The van der Waals surface area contributed by atoms with Crippen LogP contribution in [0, 0.1) is 12.8 Å². The summed E-state index contributed by atoms with van der Waals surface area (Å²) in [7, 11) is 0. The molecule has 1 heterocycles. The Balaban J connectivity index is 1.79. The van der Waals surface area contributed by atoms with E-state index in [0.29, 0.717) is 30.6 Å². The van der Waals surface area contributed by atoms with E-state index in [2.05, 4.69) is 0 Å². The van der Waals surface area contributed by atoms with Gasteiger partial charge in [0.1, 0.15) is 5.75 Å². The number of hydrogen-bond donors (Lipinski definition) is 2. The second-order valence-corrected chi connectivity index (χ2v) is 6.50. The topological polar surface area (TPSA) is 60.8 Å². The molecule has 4 nitrogen and oxygen atoms in total. The SMILES string of the molecule is Cc1c(O)cccc1C(=O)N1CCC2(O)CCCCC2C1. The molecule has 1 aromatic carbocycles. The highest BCUT2D eigenvalue weighted by atomic mass is 16.3. The van der Waals surface area contributed by atoms with Crippen LogP contribution in [0.25, 0.3) is 0 Å². The van der Waals surface area contributed by atoms with Crippen molar-refractivity contribution >= 4 is 5.91 Å². The van der Waals surface area contributed by atoms with Crippen LogP contribution in [0.2, 0.25) is 0 Å². The van der Waals surface area contributed by atoms with Gasteiger partial charge in [0.05, 0.1) is 5.60 Å². The Hall–Kier alpha value is -1.55. The average molecular weight is 289 g/mol. The Kier molecular flexibility index (Phi) is 3.66. The van der Waals surface area contributed by atoms with Crippen LogP contribution in [0.15, 0.2) is 18.2 Å². The van der Waals surface area contributed by atoms with E-state index in [-0.39, 0.29) is 17.6 Å². The Morgan fingerprint density at radius 3 is 2.95 bits per heavy atom. The molecule has 114 valence electrons. The van der Waals surface area contributed by atoms with Crippen molar-refractivity contribution in [3.63, 3.8) is 0 Å². The zero-order valence-electron chi connectivity index (χ0n) is 12.5. The molecule has 1 saturated heterocycles. The monoisotopic (exact) mass is 289 g/mol. The lowest BCUT2D eigenvalue weighted by molar-refractivity contribution is -0.0886. The van der Waals surface area contributed by atoms with Gasteiger partial charge in [0.25, 0.3) is 5.91 Å². The van der Waals surface area contributed by atoms with Crippen molar-refractivity contribution in [1.29, 1.82) is 0 Å². The normalized spacial score (nSPS) is 29.0. The predicted molar refractivity (Wildman–Crippen MR) is 80.3 cm³/mol. The summed E-state index contributed by atoms with van der Waals surface area (Å²) in [5.74, 6) is 0.324. The van der Waals surface area contributed by atoms with Gasteiger partial charge in [-0.2, -0.15) is 0 Å². The zero-order chi connectivity index (χ0) is 15.0. The first kappa shape index (κ1) is 14.4. The van der Waals surface area contributed by atoms with Crippen LogP contribution in [-0.4, -0.2) is 39.7 Å². The Morgan fingerprint density at radius 2 is 2.14 bits per heavy atom. The number of likely N-dealkylation sites (tertiary alicyclic amines) is 1. The average Bonchev–Trinajstić information content (AvgIpc) is 2.48. The Labute approximate surface area is 125 Å². The van der Waals surface area contributed by atoms with Gasteiger partial charge in [0.15, 0.2) is 0 Å². The number of rotatable bonds is 1. The van der Waals surface area contributed by atoms with E-state index >= 15 is 0 Å². The number of hydrogen-bond acceptors (Lipinski definition) is 3. The summed E-state index contributed by atoms with van der Waals surface area (Å²) in [5, 5.41) is 20.4. The van der Waals surface area contributed by atoms with E-state index in [9.17, 15) is 15.0 Å². The minimum atomic E-state index is -0.567. The smallest absolute Gasteiger partial charge is 0.254 e. The molecule has 4 heteroatoms. The fourth-order valence-corrected chi connectivity index (χ4v) is 3.78. The zero-order valence-corrected chi connectivity index (χ0v) is 12.5. The summed E-state index contributed by atoms with van der Waals surface area (Å²) in [5.41, 5.74) is 0.631. The highest BCUT2D eigenvalue weighted by molar-refractivity contribution is 5.96. The van der Waals surface area contributed by atoms with E-state index in [1.807, 2.05) is 4.90 Å². The van der Waals surface area contributed by atoms with Gasteiger partial charge in [-0.1, -0.05) is 18.9 Å². The van der Waals surface area contributed by atoms with Gasteiger partial charge in [-0.3, -0.25) is 4.79 Å². The molecule has 1 amide bonds. The number of aliphatic hydroxyl groups is 1. The van der Waals surface area contributed by atoms with Crippen LogP contribution in [-0.2, 0) is 0 Å². The maximum Gasteiger partial charge on any atom is 0.254 e. The number of nitrogens with zero attached hydrogens (tertiary/aromatic N) is 1. The number of fused-ring (bicyclic) bond motifs is 1. The second-order valence-electron chi connectivity index (χ2n) is 6.50. The summed E-state index contributed by atoms with van der Waals surface area (Å²) >= 11 is 0. The summed E-state index contributed by atoms with van der Waals surface area (Å²) in [6.07, 6.45) is 4.76. The molecule has 2 aliphatic rings. The number of aromatic hydroxyl groups is 1. The van der Waals surface area contributed by atoms with E-state index in [1.165, 1.54) is 0 Å². The van der Waals surface area contributed by atoms with Crippen LogP contribution < -0.4 is 0 Å². The van der Waals surface area contributed by atoms with E-state index in [0.717, 1.165) is 25.7 Å². The van der Waals surface area contributed by atoms with E-state index in [4.69, 9.17) is 0 Å². The lowest BCUT2D eigenvalue weighted by Gasteiger charge is -2.47. The third-order valence-electron chi connectivity index (χ3n) is 5.25. The molecule has 0 bridgehead atoms. The largest absolute Gasteiger partial charge is 0.508 e. The molecular weight excluding hydrogens is 266 g/mol. The van der Waals surface area contributed by atoms with Crippen molar-refractivity contribution in [1.82, 2.24) is 4.90 Å². The first-order valence-corrected chi connectivity index (χ1v) is 7.81. The van der Waals surface area contributed by atoms with Crippen molar-refractivity contribution in [2.75, 3.05) is 13.1 Å². The lowest BCUT2D eigenvalue weighted by atomic mass is 9.71. The van der Waals surface area contributed by atoms with Crippen molar-refractivity contribution in [3.05, 3.63) is 29.3 Å². The molecule has 0 spiro atoms. The Morgan fingerprint density at radius 1 is 1.33 bits per heavy atom. The first-order chi connectivity index (χ1) is 10.0. The highest BCUT2D eigenvalue weighted by Gasteiger charge is 2.43. The predicted octanol–water partition coefficient (Wildman–Crippen LogP) is 2.47. The van der Waals surface area contributed by atoms with Gasteiger partial charge in [0, 0.05) is 30.1 Å². The van der Waals surface area contributed by atoms with Crippen LogP contribution in [0.3, 0.4) is 0 Å². The van der Waals surface area contributed by atoms with E-state index < -0.39 is 5.60 Å². The Bertz CT molecular complexity index is 557. The van der Waals surface area contributed by atoms with Gasteiger partial charge >= 0.3 is 0 Å². The molecule has 0 radical (unpaired) electrons. The molecule has 3 rings (SSSR count). The summed E-state index contributed by atoms with van der Waals surface area (Å²) in [4.78, 5) is 14.5. The second kappa shape index (κ2) is 5.34. The first-order valence-electron chi connectivity index (χ1n) is 7.81. The molecule has 1 aliphatic carbocycles. The fourth-order valence-electron chi connectivity index (χ4n) is 3.78. The number of carbonyl (C=O) groups is 1.